The minimum absolute atomic E-state index is 0.142. The van der Waals surface area contributed by atoms with Crippen molar-refractivity contribution >= 4 is 46.7 Å². The van der Waals surface area contributed by atoms with Crippen molar-refractivity contribution in [2.45, 2.75) is 23.5 Å². The van der Waals surface area contributed by atoms with Crippen LogP contribution in [0.4, 0.5) is 21.9 Å². The van der Waals surface area contributed by atoms with Crippen LogP contribution in [-0.2, 0) is 9.59 Å². The molecule has 0 radical (unpaired) electrons. The number of anilines is 3. The lowest BCUT2D eigenvalue weighted by atomic mass is 10.2. The van der Waals surface area contributed by atoms with Crippen molar-refractivity contribution in [1.82, 2.24) is 0 Å². The number of rotatable bonds is 5. The Labute approximate surface area is 184 Å². The Morgan fingerprint density at radius 3 is 2.32 bits per heavy atom. The van der Waals surface area contributed by atoms with E-state index in [-0.39, 0.29) is 24.3 Å². The number of carbonyl (C=O) groups excluding carboxylic acids is 3. The molecule has 1 aliphatic rings. The average molecular weight is 432 g/mol. The van der Waals surface area contributed by atoms with Gasteiger partial charge in [0.05, 0.1) is 10.9 Å². The molecule has 4 rings (SSSR count). The Morgan fingerprint density at radius 2 is 1.58 bits per heavy atom. The lowest BCUT2D eigenvalue weighted by Crippen LogP contribution is -2.31. The van der Waals surface area contributed by atoms with Crippen LogP contribution in [0.3, 0.4) is 0 Å². The molecular weight excluding hydrogens is 410 g/mol. The molecule has 0 spiro atoms. The third-order valence-electron chi connectivity index (χ3n) is 4.80. The fourth-order valence-corrected chi connectivity index (χ4v) is 4.40. The summed E-state index contributed by atoms with van der Waals surface area (Å²) >= 11 is 1.33. The van der Waals surface area contributed by atoms with E-state index in [1.54, 1.807) is 42.5 Å². The van der Waals surface area contributed by atoms with E-state index in [1.807, 2.05) is 43.3 Å². The summed E-state index contributed by atoms with van der Waals surface area (Å²) in [5, 5.41) is 5.05. The zero-order chi connectivity index (χ0) is 21.8. The summed E-state index contributed by atoms with van der Waals surface area (Å²) < 4.78 is 0. The van der Waals surface area contributed by atoms with Gasteiger partial charge in [0.25, 0.3) is 0 Å². The number of thioether (sulfide) groups is 1. The summed E-state index contributed by atoms with van der Waals surface area (Å²) in [5.74, 6) is -0.429. The van der Waals surface area contributed by atoms with Gasteiger partial charge in [-0.25, -0.2) is 9.69 Å². The molecule has 7 heteroatoms. The molecule has 0 aromatic heterocycles. The van der Waals surface area contributed by atoms with Crippen LogP contribution in [0.2, 0.25) is 0 Å². The number of urea groups is 1. The molecule has 4 amide bonds. The maximum Gasteiger partial charge on any atom is 0.323 e. The van der Waals surface area contributed by atoms with Crippen LogP contribution in [0.25, 0.3) is 0 Å². The largest absolute Gasteiger partial charge is 0.323 e. The maximum atomic E-state index is 12.9. The van der Waals surface area contributed by atoms with Crippen LogP contribution in [-0.4, -0.2) is 23.1 Å². The molecule has 1 atom stereocenters. The standard InChI is InChI=1S/C24H21N3O3S/c1-16-10-12-19(13-11-16)27-22(28)15-21(23(27)29)31-20-9-5-8-18(14-20)26-24(30)25-17-6-3-2-4-7-17/h2-14,21H,15H2,1H3,(H2,25,26,30)/t21-/m1/s1. The van der Waals surface area contributed by atoms with E-state index in [9.17, 15) is 14.4 Å². The van der Waals surface area contributed by atoms with E-state index in [2.05, 4.69) is 10.6 Å². The molecule has 31 heavy (non-hydrogen) atoms. The van der Waals surface area contributed by atoms with Crippen molar-refractivity contribution in [3.05, 3.63) is 84.4 Å². The number of hydrogen-bond acceptors (Lipinski definition) is 4. The maximum absolute atomic E-state index is 12.9. The number of hydrogen-bond donors (Lipinski definition) is 2. The van der Waals surface area contributed by atoms with E-state index in [4.69, 9.17) is 0 Å². The highest BCUT2D eigenvalue weighted by atomic mass is 32.2. The van der Waals surface area contributed by atoms with Crippen molar-refractivity contribution in [2.75, 3.05) is 15.5 Å². The van der Waals surface area contributed by atoms with Crippen molar-refractivity contribution in [1.29, 1.82) is 0 Å². The number of nitrogens with one attached hydrogen (secondary N) is 2. The van der Waals surface area contributed by atoms with Crippen LogP contribution in [0.15, 0.2) is 83.8 Å². The van der Waals surface area contributed by atoms with E-state index in [1.165, 1.54) is 16.7 Å². The zero-order valence-electron chi connectivity index (χ0n) is 16.9. The second-order valence-electron chi connectivity index (χ2n) is 7.19. The summed E-state index contributed by atoms with van der Waals surface area (Å²) in [4.78, 5) is 39.6. The highest BCUT2D eigenvalue weighted by Crippen LogP contribution is 2.34. The van der Waals surface area contributed by atoms with Gasteiger partial charge in [-0.3, -0.25) is 9.59 Å². The van der Waals surface area contributed by atoms with E-state index < -0.39 is 5.25 Å². The summed E-state index contributed by atoms with van der Waals surface area (Å²) in [6.07, 6.45) is 0.142. The van der Waals surface area contributed by atoms with Gasteiger partial charge in [-0.15, -0.1) is 11.8 Å². The fourth-order valence-electron chi connectivity index (χ4n) is 3.29. The highest BCUT2D eigenvalue weighted by molar-refractivity contribution is 8.00. The quantitative estimate of drug-likeness (QED) is 0.553. The predicted octanol–water partition coefficient (Wildman–Crippen LogP) is 5.06. The first-order chi connectivity index (χ1) is 15.0. The molecule has 1 saturated heterocycles. The van der Waals surface area contributed by atoms with E-state index in [0.717, 1.165) is 10.5 Å². The smallest absolute Gasteiger partial charge is 0.308 e. The average Bonchev–Trinajstić information content (AvgIpc) is 3.02. The Hall–Kier alpha value is -3.58. The number of benzene rings is 3. The number of aryl methyl sites for hydroxylation is 1. The zero-order valence-corrected chi connectivity index (χ0v) is 17.7. The predicted molar refractivity (Wildman–Crippen MR) is 123 cm³/mol. The van der Waals surface area contributed by atoms with E-state index in [0.29, 0.717) is 17.1 Å². The fraction of sp³-hybridized carbons (Fsp3) is 0.125. The molecule has 3 aromatic rings. The molecule has 1 heterocycles. The molecule has 0 saturated carbocycles. The topological polar surface area (TPSA) is 78.5 Å². The minimum atomic E-state index is -0.498. The number of carbonyl (C=O) groups is 3. The van der Waals surface area contributed by atoms with Gasteiger partial charge in [-0.2, -0.15) is 0 Å². The van der Waals surface area contributed by atoms with Crippen molar-refractivity contribution < 1.29 is 14.4 Å². The number of nitrogens with zero attached hydrogens (tertiary/aromatic N) is 1. The highest BCUT2D eigenvalue weighted by Gasteiger charge is 2.40. The van der Waals surface area contributed by atoms with Crippen molar-refractivity contribution in [2.24, 2.45) is 0 Å². The lowest BCUT2D eigenvalue weighted by Gasteiger charge is -2.15. The first-order valence-corrected chi connectivity index (χ1v) is 10.7. The minimum Gasteiger partial charge on any atom is -0.308 e. The lowest BCUT2D eigenvalue weighted by molar-refractivity contribution is -0.121. The van der Waals surface area contributed by atoms with Gasteiger partial charge in [0, 0.05) is 22.7 Å². The van der Waals surface area contributed by atoms with Gasteiger partial charge in [-0.1, -0.05) is 42.0 Å². The van der Waals surface area contributed by atoms with Gasteiger partial charge < -0.3 is 10.6 Å². The number of imide groups is 1. The number of amides is 4. The Morgan fingerprint density at radius 1 is 0.903 bits per heavy atom. The SMILES string of the molecule is Cc1ccc(N2C(=O)C[C@@H](Sc3cccc(NC(=O)Nc4ccccc4)c3)C2=O)cc1. The Bertz CT molecular complexity index is 1120. The van der Waals surface area contributed by atoms with Crippen LogP contribution in [0.1, 0.15) is 12.0 Å². The summed E-state index contributed by atoms with van der Waals surface area (Å²) in [7, 11) is 0. The molecule has 3 aromatic carbocycles. The first kappa shape index (κ1) is 20.7. The molecule has 0 aliphatic carbocycles. The van der Waals surface area contributed by atoms with Gasteiger partial charge >= 0.3 is 6.03 Å². The summed E-state index contributed by atoms with van der Waals surface area (Å²) in [6.45, 7) is 1.96. The molecule has 2 N–H and O–H groups in total. The molecular formula is C24H21N3O3S. The van der Waals surface area contributed by atoms with Crippen LogP contribution < -0.4 is 15.5 Å². The molecule has 1 aliphatic heterocycles. The van der Waals surface area contributed by atoms with Crippen LogP contribution in [0.5, 0.6) is 0 Å². The monoisotopic (exact) mass is 431 g/mol. The Balaban J connectivity index is 1.41. The molecule has 6 nitrogen and oxygen atoms in total. The van der Waals surface area contributed by atoms with Crippen LogP contribution >= 0.6 is 11.8 Å². The van der Waals surface area contributed by atoms with Crippen LogP contribution in [0, 0.1) is 6.92 Å². The second kappa shape index (κ2) is 9.06. The normalized spacial score (nSPS) is 15.8. The summed E-state index contributed by atoms with van der Waals surface area (Å²) in [5.41, 5.74) is 2.95. The molecule has 1 fully saturated rings. The molecule has 156 valence electrons. The van der Waals surface area contributed by atoms with Gasteiger partial charge in [-0.05, 0) is 49.4 Å². The Kier molecular flexibility index (Phi) is 6.04. The third-order valence-corrected chi connectivity index (χ3v) is 5.98. The van der Waals surface area contributed by atoms with Crippen molar-refractivity contribution in [3.8, 4) is 0 Å². The molecule has 0 unspecified atom stereocenters. The van der Waals surface area contributed by atoms with Gasteiger partial charge in [0.2, 0.25) is 11.8 Å². The van der Waals surface area contributed by atoms with Crippen molar-refractivity contribution in [3.63, 3.8) is 0 Å². The second-order valence-corrected chi connectivity index (χ2v) is 8.46. The third kappa shape index (κ3) is 4.95. The van der Waals surface area contributed by atoms with E-state index >= 15 is 0 Å². The number of para-hydroxylation sites is 1. The first-order valence-electron chi connectivity index (χ1n) is 9.83. The molecule has 0 bridgehead atoms. The van der Waals surface area contributed by atoms with Gasteiger partial charge in [0.1, 0.15) is 0 Å². The summed E-state index contributed by atoms with van der Waals surface area (Å²) in [6, 6.07) is 23.4. The van der Waals surface area contributed by atoms with Gasteiger partial charge in [0.15, 0.2) is 0 Å².